The lowest BCUT2D eigenvalue weighted by Gasteiger charge is -2.07. The van der Waals surface area contributed by atoms with Crippen molar-refractivity contribution in [2.45, 2.75) is 4.90 Å². The number of pyridine rings is 1. The van der Waals surface area contributed by atoms with Crippen molar-refractivity contribution in [1.29, 1.82) is 0 Å². The second-order valence-electron chi connectivity index (χ2n) is 5.70. The molecule has 27 heavy (non-hydrogen) atoms. The molecule has 0 atom stereocenters. The molecule has 2 N–H and O–H groups in total. The van der Waals surface area contributed by atoms with E-state index in [0.29, 0.717) is 9.71 Å². The lowest BCUT2D eigenvalue weighted by molar-refractivity contribution is 0.0949. The molecule has 0 aliphatic carbocycles. The summed E-state index contributed by atoms with van der Waals surface area (Å²) in [6.45, 7) is 0. The summed E-state index contributed by atoms with van der Waals surface area (Å²) in [6.07, 6.45) is 0. The molecular weight excluding hydrogens is 389 g/mol. The summed E-state index contributed by atoms with van der Waals surface area (Å²) >= 11 is 1.16. The molecule has 0 saturated heterocycles. The van der Waals surface area contributed by atoms with Crippen LogP contribution >= 0.6 is 11.3 Å². The number of hydrazine groups is 1. The minimum atomic E-state index is -4.00. The first-order valence-electron chi connectivity index (χ1n) is 7.79. The molecule has 0 spiro atoms. The van der Waals surface area contributed by atoms with Crippen LogP contribution in [0, 0.1) is 5.82 Å². The van der Waals surface area contributed by atoms with Crippen LogP contribution in [0.25, 0.3) is 21.1 Å². The molecular formula is C18H12FN3O3S2. The maximum atomic E-state index is 12.9. The van der Waals surface area contributed by atoms with Gasteiger partial charge in [-0.25, -0.2) is 17.8 Å². The van der Waals surface area contributed by atoms with Crippen LogP contribution in [0.5, 0.6) is 0 Å². The monoisotopic (exact) mass is 401 g/mol. The molecule has 136 valence electrons. The number of hydrogen-bond acceptors (Lipinski definition) is 5. The lowest BCUT2D eigenvalue weighted by atomic mass is 10.2. The Labute approximate surface area is 157 Å². The standard InChI is InChI=1S/C18H12FN3O3S2/c19-13-5-7-14(8-6-13)27(24,25)22-21-17(23)16-10-12-9-11-3-1-2-4-15(11)20-18(12)26-16/h1-10,22H,(H,21,23). The fourth-order valence-corrected chi connectivity index (χ4v) is 4.29. The van der Waals surface area contributed by atoms with Gasteiger partial charge in [0.1, 0.15) is 10.6 Å². The van der Waals surface area contributed by atoms with Crippen molar-refractivity contribution in [3.63, 3.8) is 0 Å². The average molecular weight is 401 g/mol. The highest BCUT2D eigenvalue weighted by Gasteiger charge is 2.17. The first kappa shape index (κ1) is 17.5. The van der Waals surface area contributed by atoms with Crippen LogP contribution in [0.2, 0.25) is 0 Å². The number of thiophene rings is 1. The van der Waals surface area contributed by atoms with Crippen LogP contribution in [-0.4, -0.2) is 19.3 Å². The number of rotatable bonds is 4. The van der Waals surface area contributed by atoms with Crippen molar-refractivity contribution < 1.29 is 17.6 Å². The maximum absolute atomic E-state index is 12.9. The number of para-hydroxylation sites is 1. The van der Waals surface area contributed by atoms with Gasteiger partial charge in [-0.3, -0.25) is 10.2 Å². The zero-order valence-electron chi connectivity index (χ0n) is 13.6. The molecule has 2 aromatic heterocycles. The molecule has 4 rings (SSSR count). The highest BCUT2D eigenvalue weighted by molar-refractivity contribution is 7.89. The van der Waals surface area contributed by atoms with Crippen LogP contribution in [0.15, 0.2) is 65.6 Å². The van der Waals surface area contributed by atoms with Gasteiger partial charge in [-0.2, -0.15) is 0 Å². The number of halogens is 1. The molecule has 0 aliphatic rings. The first-order chi connectivity index (χ1) is 12.9. The molecule has 6 nitrogen and oxygen atoms in total. The SMILES string of the molecule is O=C(NNS(=O)(=O)c1ccc(F)cc1)c1cc2cc3ccccc3nc2s1. The molecule has 0 radical (unpaired) electrons. The van der Waals surface area contributed by atoms with Gasteiger partial charge in [-0.15, -0.1) is 16.2 Å². The largest absolute Gasteiger partial charge is 0.276 e. The van der Waals surface area contributed by atoms with E-state index in [9.17, 15) is 17.6 Å². The van der Waals surface area contributed by atoms with Gasteiger partial charge in [-0.1, -0.05) is 18.2 Å². The molecule has 0 unspecified atom stereocenters. The Kier molecular flexibility index (Phi) is 4.34. The second kappa shape index (κ2) is 6.69. The van der Waals surface area contributed by atoms with Crippen molar-refractivity contribution in [3.8, 4) is 0 Å². The van der Waals surface area contributed by atoms with E-state index in [2.05, 4.69) is 10.4 Å². The Bertz CT molecular complexity index is 1220. The number of carbonyl (C=O) groups is 1. The number of carbonyl (C=O) groups excluding carboxylic acids is 1. The average Bonchev–Trinajstić information content (AvgIpc) is 3.07. The third-order valence-corrected chi connectivity index (χ3v) is 6.16. The third-order valence-electron chi connectivity index (χ3n) is 3.86. The summed E-state index contributed by atoms with van der Waals surface area (Å²) < 4.78 is 37.2. The van der Waals surface area contributed by atoms with E-state index < -0.39 is 21.7 Å². The summed E-state index contributed by atoms with van der Waals surface area (Å²) in [7, 11) is -4.00. The normalized spacial score (nSPS) is 11.7. The molecule has 0 aliphatic heterocycles. The Morgan fingerprint density at radius 3 is 2.52 bits per heavy atom. The fraction of sp³-hybridized carbons (Fsp3) is 0. The smallest absolute Gasteiger partial charge is 0.273 e. The molecule has 0 saturated carbocycles. The number of aromatic nitrogens is 1. The zero-order chi connectivity index (χ0) is 19.0. The van der Waals surface area contributed by atoms with Crippen LogP contribution < -0.4 is 10.3 Å². The number of nitrogens with zero attached hydrogens (tertiary/aromatic N) is 1. The topological polar surface area (TPSA) is 88.2 Å². The first-order valence-corrected chi connectivity index (χ1v) is 10.1. The van der Waals surface area contributed by atoms with Crippen LogP contribution in [0.1, 0.15) is 9.67 Å². The van der Waals surface area contributed by atoms with Crippen LogP contribution in [0.4, 0.5) is 4.39 Å². The highest BCUT2D eigenvalue weighted by atomic mass is 32.2. The van der Waals surface area contributed by atoms with Gasteiger partial charge in [0, 0.05) is 10.8 Å². The lowest BCUT2D eigenvalue weighted by Crippen LogP contribution is -2.41. The van der Waals surface area contributed by atoms with E-state index in [1.54, 1.807) is 6.07 Å². The Morgan fingerprint density at radius 1 is 1.00 bits per heavy atom. The van der Waals surface area contributed by atoms with Gasteiger partial charge in [0.2, 0.25) is 0 Å². The quantitative estimate of drug-likeness (QED) is 0.514. The number of sulfonamides is 1. The summed E-state index contributed by atoms with van der Waals surface area (Å²) in [5.74, 6) is -1.16. The predicted octanol–water partition coefficient (Wildman–Crippen LogP) is 3.21. The van der Waals surface area contributed by atoms with Crippen molar-refractivity contribution in [3.05, 3.63) is 71.4 Å². The minimum Gasteiger partial charge on any atom is -0.273 e. The molecule has 1 amide bonds. The van der Waals surface area contributed by atoms with E-state index in [1.165, 1.54) is 0 Å². The van der Waals surface area contributed by atoms with Crippen molar-refractivity contribution >= 4 is 48.4 Å². The molecule has 2 heterocycles. The molecule has 0 bridgehead atoms. The number of amides is 1. The number of nitrogens with one attached hydrogen (secondary N) is 2. The number of hydrogen-bond donors (Lipinski definition) is 2. The summed E-state index contributed by atoms with van der Waals surface area (Å²) in [5.41, 5.74) is 2.98. The van der Waals surface area contributed by atoms with Gasteiger partial charge in [-0.05, 0) is 42.5 Å². The van der Waals surface area contributed by atoms with Crippen molar-refractivity contribution in [2.24, 2.45) is 0 Å². The minimum absolute atomic E-state index is 0.159. The van der Waals surface area contributed by atoms with E-state index in [4.69, 9.17) is 0 Å². The number of fused-ring (bicyclic) bond motifs is 2. The van der Waals surface area contributed by atoms with E-state index in [-0.39, 0.29) is 4.90 Å². The van der Waals surface area contributed by atoms with Gasteiger partial charge < -0.3 is 0 Å². The van der Waals surface area contributed by atoms with Crippen molar-refractivity contribution in [2.75, 3.05) is 0 Å². The molecule has 4 aromatic rings. The second-order valence-corrected chi connectivity index (χ2v) is 8.41. The zero-order valence-corrected chi connectivity index (χ0v) is 15.3. The van der Waals surface area contributed by atoms with Crippen LogP contribution in [0.3, 0.4) is 0 Å². The summed E-state index contributed by atoms with van der Waals surface area (Å²) in [5, 5.41) is 1.75. The van der Waals surface area contributed by atoms with Crippen molar-refractivity contribution in [1.82, 2.24) is 15.2 Å². The van der Waals surface area contributed by atoms with E-state index in [0.717, 1.165) is 51.9 Å². The number of benzene rings is 2. The summed E-state index contributed by atoms with van der Waals surface area (Å²) in [6, 6.07) is 15.4. The molecule has 9 heteroatoms. The van der Waals surface area contributed by atoms with Gasteiger partial charge >= 0.3 is 0 Å². The van der Waals surface area contributed by atoms with E-state index in [1.807, 2.05) is 35.2 Å². The van der Waals surface area contributed by atoms with Crippen LogP contribution in [-0.2, 0) is 10.0 Å². The summed E-state index contributed by atoms with van der Waals surface area (Å²) in [4.78, 5) is 19.7. The van der Waals surface area contributed by atoms with Gasteiger partial charge in [0.25, 0.3) is 15.9 Å². The van der Waals surface area contributed by atoms with Gasteiger partial charge in [0.15, 0.2) is 0 Å². The predicted molar refractivity (Wildman–Crippen MR) is 101 cm³/mol. The van der Waals surface area contributed by atoms with E-state index >= 15 is 0 Å². The Morgan fingerprint density at radius 2 is 1.74 bits per heavy atom. The maximum Gasteiger partial charge on any atom is 0.276 e. The fourth-order valence-electron chi connectivity index (χ4n) is 2.53. The third kappa shape index (κ3) is 3.52. The highest BCUT2D eigenvalue weighted by Crippen LogP contribution is 2.27. The Hall–Kier alpha value is -2.88. The Balaban J connectivity index is 1.55. The molecule has 0 fully saturated rings. The van der Waals surface area contributed by atoms with Gasteiger partial charge in [0.05, 0.1) is 15.3 Å². The molecule has 2 aromatic carbocycles.